The third-order valence-electron chi connectivity index (χ3n) is 4.23. The van der Waals surface area contributed by atoms with Gasteiger partial charge >= 0.3 is 0 Å². The fourth-order valence-corrected chi connectivity index (χ4v) is 4.09. The molecule has 0 saturated heterocycles. The Balaban J connectivity index is 1.84. The first-order chi connectivity index (χ1) is 12.2. The molecule has 126 valence electrons. The lowest BCUT2D eigenvalue weighted by Crippen LogP contribution is -2.23. The lowest BCUT2D eigenvalue weighted by atomic mass is 10.0. The summed E-state index contributed by atoms with van der Waals surface area (Å²) < 4.78 is 5.26. The van der Waals surface area contributed by atoms with Crippen LogP contribution in [0, 0.1) is 0 Å². The van der Waals surface area contributed by atoms with Gasteiger partial charge in [-0.2, -0.15) is 0 Å². The van der Waals surface area contributed by atoms with Crippen molar-refractivity contribution in [3.8, 4) is 5.75 Å². The van der Waals surface area contributed by atoms with E-state index in [0.717, 1.165) is 34.0 Å². The number of rotatable bonds is 2. The molecular weight excluding hydrogens is 332 g/mol. The van der Waals surface area contributed by atoms with Gasteiger partial charge in [0.1, 0.15) is 5.75 Å². The molecule has 2 aromatic rings. The molecule has 0 fully saturated rings. The summed E-state index contributed by atoms with van der Waals surface area (Å²) in [4.78, 5) is 9.27. The number of hydrogen-bond acceptors (Lipinski definition) is 6. The van der Waals surface area contributed by atoms with E-state index in [2.05, 4.69) is 29.4 Å². The van der Waals surface area contributed by atoms with Crippen LogP contribution in [0.5, 0.6) is 5.75 Å². The zero-order valence-electron chi connectivity index (χ0n) is 14.0. The minimum Gasteiger partial charge on any atom is -0.497 e. The number of nitrogens with zero attached hydrogens (tertiary/aromatic N) is 2. The monoisotopic (exact) mass is 350 g/mol. The molecule has 0 aliphatic carbocycles. The summed E-state index contributed by atoms with van der Waals surface area (Å²) in [5.74, 6) is 1.50. The fourth-order valence-electron chi connectivity index (χ4n) is 3.01. The maximum atomic E-state index is 6.11. The van der Waals surface area contributed by atoms with E-state index in [1.165, 1.54) is 11.8 Å². The Morgan fingerprint density at radius 1 is 1.08 bits per heavy atom. The van der Waals surface area contributed by atoms with Crippen molar-refractivity contribution < 1.29 is 4.74 Å². The third kappa shape index (κ3) is 2.89. The van der Waals surface area contributed by atoms with Crippen LogP contribution in [0.3, 0.4) is 0 Å². The molecule has 0 saturated carbocycles. The number of nitrogens with two attached hydrogens (primary N) is 1. The van der Waals surface area contributed by atoms with Crippen LogP contribution in [-0.2, 0) is 0 Å². The molecule has 2 heterocycles. The molecule has 0 radical (unpaired) electrons. The third-order valence-corrected chi connectivity index (χ3v) is 5.31. The molecular formula is C19H18N4OS. The van der Waals surface area contributed by atoms with E-state index >= 15 is 0 Å². The predicted molar refractivity (Wildman–Crippen MR) is 105 cm³/mol. The first-order valence-corrected chi connectivity index (χ1v) is 8.84. The van der Waals surface area contributed by atoms with Gasteiger partial charge in [-0.3, -0.25) is 0 Å². The number of aliphatic imine (C=N–C) groups is 2. The maximum Gasteiger partial charge on any atom is 0.161 e. The van der Waals surface area contributed by atoms with E-state index in [4.69, 9.17) is 15.5 Å². The highest BCUT2D eigenvalue weighted by atomic mass is 32.2. The number of fused-ring (bicyclic) bond motifs is 2. The number of allylic oxidation sites excluding steroid dienone is 1. The SMILES string of the molecule is COc1ccc(C2SC(N)=NC3=Nc4ccccc4NC(C)=C32)cc1. The molecule has 2 aliphatic rings. The van der Waals surface area contributed by atoms with Gasteiger partial charge in [0.15, 0.2) is 11.0 Å². The maximum absolute atomic E-state index is 6.11. The predicted octanol–water partition coefficient (Wildman–Crippen LogP) is 4.23. The first kappa shape index (κ1) is 15.8. The summed E-state index contributed by atoms with van der Waals surface area (Å²) in [6.07, 6.45) is 0. The van der Waals surface area contributed by atoms with Gasteiger partial charge in [-0.05, 0) is 36.8 Å². The number of hydrogen-bond donors (Lipinski definition) is 2. The molecule has 4 rings (SSSR count). The number of amidine groups is 2. The molecule has 5 nitrogen and oxygen atoms in total. The van der Waals surface area contributed by atoms with Gasteiger partial charge in [0.2, 0.25) is 0 Å². The summed E-state index contributed by atoms with van der Waals surface area (Å²) in [6.45, 7) is 2.06. The molecule has 0 spiro atoms. The molecule has 6 heteroatoms. The Hall–Kier alpha value is -2.73. The molecule has 25 heavy (non-hydrogen) atoms. The first-order valence-electron chi connectivity index (χ1n) is 7.96. The normalized spacial score (nSPS) is 19.0. The van der Waals surface area contributed by atoms with E-state index in [-0.39, 0.29) is 5.25 Å². The molecule has 0 aromatic heterocycles. The Morgan fingerprint density at radius 3 is 2.60 bits per heavy atom. The quantitative estimate of drug-likeness (QED) is 0.850. The van der Waals surface area contributed by atoms with Crippen molar-refractivity contribution >= 4 is 34.1 Å². The Kier molecular flexibility index (Phi) is 3.97. The van der Waals surface area contributed by atoms with Crippen LogP contribution in [0.15, 0.2) is 69.8 Å². The van der Waals surface area contributed by atoms with Crippen LogP contribution in [-0.4, -0.2) is 18.1 Å². The highest BCUT2D eigenvalue weighted by Gasteiger charge is 2.31. The van der Waals surface area contributed by atoms with Gasteiger partial charge in [-0.1, -0.05) is 36.0 Å². The van der Waals surface area contributed by atoms with Crippen molar-refractivity contribution in [1.82, 2.24) is 0 Å². The van der Waals surface area contributed by atoms with Crippen molar-refractivity contribution in [2.75, 3.05) is 12.4 Å². The minimum absolute atomic E-state index is 0.0315. The van der Waals surface area contributed by atoms with Crippen molar-refractivity contribution in [2.45, 2.75) is 12.2 Å². The average Bonchev–Trinajstić information content (AvgIpc) is 2.76. The van der Waals surface area contributed by atoms with Crippen LogP contribution in [0.4, 0.5) is 11.4 Å². The van der Waals surface area contributed by atoms with E-state index in [1.54, 1.807) is 7.11 Å². The van der Waals surface area contributed by atoms with Gasteiger partial charge in [0.05, 0.1) is 23.7 Å². The van der Waals surface area contributed by atoms with Crippen molar-refractivity contribution in [3.05, 3.63) is 65.4 Å². The van der Waals surface area contributed by atoms with E-state index < -0.39 is 0 Å². The van der Waals surface area contributed by atoms with Crippen molar-refractivity contribution in [3.63, 3.8) is 0 Å². The number of methoxy groups -OCH3 is 1. The summed E-state index contributed by atoms with van der Waals surface area (Å²) in [5.41, 5.74) is 11.2. The van der Waals surface area contributed by atoms with E-state index in [0.29, 0.717) is 11.0 Å². The van der Waals surface area contributed by atoms with Crippen LogP contribution in [0.1, 0.15) is 17.7 Å². The van der Waals surface area contributed by atoms with Gasteiger partial charge in [-0.25, -0.2) is 9.98 Å². The summed E-state index contributed by atoms with van der Waals surface area (Å²) in [7, 11) is 1.67. The smallest absolute Gasteiger partial charge is 0.161 e. The van der Waals surface area contributed by atoms with Crippen LogP contribution in [0.25, 0.3) is 0 Å². The number of nitrogens with one attached hydrogen (secondary N) is 1. The second-order valence-corrected chi connectivity index (χ2v) is 6.96. The van der Waals surface area contributed by atoms with Crippen LogP contribution in [0.2, 0.25) is 0 Å². The lowest BCUT2D eigenvalue weighted by molar-refractivity contribution is 0.414. The fraction of sp³-hybridized carbons (Fsp3) is 0.158. The molecule has 0 bridgehead atoms. The average molecular weight is 350 g/mol. The standard InChI is InChI=1S/C19H18N4OS/c1-11-16-17(12-7-9-13(24-2)10-8-12)25-19(20)23-18(16)22-15-6-4-3-5-14(15)21-11/h3-10,17,21H,1-2H3,(H2,20,22,23). The zero-order valence-corrected chi connectivity index (χ0v) is 14.8. The van der Waals surface area contributed by atoms with Gasteiger partial charge in [0, 0.05) is 11.3 Å². The van der Waals surface area contributed by atoms with E-state index in [9.17, 15) is 0 Å². The summed E-state index contributed by atoms with van der Waals surface area (Å²) in [5, 5.41) is 4.03. The van der Waals surface area contributed by atoms with Crippen LogP contribution >= 0.6 is 11.8 Å². The highest BCUT2D eigenvalue weighted by Crippen LogP contribution is 2.44. The molecule has 1 unspecified atom stereocenters. The van der Waals surface area contributed by atoms with Crippen molar-refractivity contribution in [2.24, 2.45) is 15.7 Å². The van der Waals surface area contributed by atoms with Gasteiger partial charge in [0.25, 0.3) is 0 Å². The zero-order chi connectivity index (χ0) is 17.4. The summed E-state index contributed by atoms with van der Waals surface area (Å²) in [6, 6.07) is 16.0. The molecule has 3 N–H and O–H groups in total. The molecule has 0 amide bonds. The highest BCUT2D eigenvalue weighted by molar-refractivity contribution is 8.14. The van der Waals surface area contributed by atoms with E-state index in [1.807, 2.05) is 36.4 Å². The number of anilines is 1. The Labute approximate surface area is 150 Å². The molecule has 2 aliphatic heterocycles. The summed E-state index contributed by atoms with van der Waals surface area (Å²) >= 11 is 1.54. The largest absolute Gasteiger partial charge is 0.497 e. The molecule has 2 aromatic carbocycles. The Morgan fingerprint density at radius 2 is 1.84 bits per heavy atom. The number of para-hydroxylation sites is 2. The number of thioether (sulfide) groups is 1. The van der Waals surface area contributed by atoms with Gasteiger partial charge < -0.3 is 15.8 Å². The second-order valence-electron chi connectivity index (χ2n) is 5.84. The number of benzene rings is 2. The second kappa shape index (κ2) is 6.29. The lowest BCUT2D eigenvalue weighted by Gasteiger charge is -2.25. The van der Waals surface area contributed by atoms with Gasteiger partial charge in [-0.15, -0.1) is 0 Å². The van der Waals surface area contributed by atoms with Crippen molar-refractivity contribution in [1.29, 1.82) is 0 Å². The topological polar surface area (TPSA) is 72.0 Å². The van der Waals surface area contributed by atoms with Crippen LogP contribution < -0.4 is 15.8 Å². The minimum atomic E-state index is 0.0315. The Bertz CT molecular complexity index is 915. The molecule has 1 atom stereocenters. The number of ether oxygens (including phenoxy) is 1.